The van der Waals surface area contributed by atoms with E-state index in [1.54, 1.807) is 0 Å². The number of hydrogen-bond acceptors (Lipinski definition) is 2. The molecule has 1 rings (SSSR count). The molecule has 1 saturated carbocycles. The molecule has 0 spiro atoms. The van der Waals surface area contributed by atoms with Crippen molar-refractivity contribution in [3.8, 4) is 0 Å². The first-order chi connectivity index (χ1) is 7.42. The van der Waals surface area contributed by atoms with E-state index in [9.17, 15) is 4.79 Å². The lowest BCUT2D eigenvalue weighted by atomic mass is 9.77. The van der Waals surface area contributed by atoms with Gasteiger partial charge in [0.25, 0.3) is 0 Å². The first-order valence-electron chi connectivity index (χ1n) is 6.43. The summed E-state index contributed by atoms with van der Waals surface area (Å²) in [5.41, 5.74) is 5.51. The van der Waals surface area contributed by atoms with Crippen LogP contribution in [0, 0.1) is 11.3 Å². The van der Waals surface area contributed by atoms with Gasteiger partial charge in [-0.1, -0.05) is 26.7 Å². The molecule has 1 atom stereocenters. The van der Waals surface area contributed by atoms with E-state index in [2.05, 4.69) is 19.2 Å². The molecule has 0 aromatic rings. The Hall–Kier alpha value is -0.570. The Balaban J connectivity index is 2.31. The molecule has 0 heterocycles. The summed E-state index contributed by atoms with van der Waals surface area (Å²) >= 11 is 0. The van der Waals surface area contributed by atoms with Crippen LogP contribution >= 0.6 is 0 Å². The molecule has 0 aromatic carbocycles. The standard InChI is InChI=1S/C13H26N2O/c1-10(8-12(14)16)15-9-13(2,3)11-6-4-5-7-11/h10-11,15H,4-9H2,1-3H3,(H2,14,16). The van der Waals surface area contributed by atoms with Crippen molar-refractivity contribution in [2.24, 2.45) is 17.1 Å². The first kappa shape index (κ1) is 13.5. The van der Waals surface area contributed by atoms with Crippen molar-refractivity contribution in [1.29, 1.82) is 0 Å². The van der Waals surface area contributed by atoms with E-state index in [-0.39, 0.29) is 11.9 Å². The van der Waals surface area contributed by atoms with E-state index in [0.29, 0.717) is 11.8 Å². The summed E-state index contributed by atoms with van der Waals surface area (Å²) in [6.07, 6.45) is 5.91. The molecular weight excluding hydrogens is 200 g/mol. The zero-order valence-corrected chi connectivity index (χ0v) is 10.9. The summed E-state index contributed by atoms with van der Waals surface area (Å²) < 4.78 is 0. The first-order valence-corrected chi connectivity index (χ1v) is 6.43. The van der Waals surface area contributed by atoms with Crippen molar-refractivity contribution >= 4 is 5.91 Å². The van der Waals surface area contributed by atoms with Crippen LogP contribution in [0.25, 0.3) is 0 Å². The van der Waals surface area contributed by atoms with Crippen LogP contribution in [-0.2, 0) is 4.79 Å². The Morgan fingerprint density at radius 2 is 2.00 bits per heavy atom. The monoisotopic (exact) mass is 226 g/mol. The summed E-state index contributed by atoms with van der Waals surface area (Å²) in [5, 5.41) is 3.43. The summed E-state index contributed by atoms with van der Waals surface area (Å²) in [5.74, 6) is 0.611. The Bertz CT molecular complexity index is 232. The highest BCUT2D eigenvalue weighted by molar-refractivity contribution is 5.74. The van der Waals surface area contributed by atoms with E-state index in [1.807, 2.05) is 6.92 Å². The lowest BCUT2D eigenvalue weighted by Gasteiger charge is -2.33. The second-order valence-electron chi connectivity index (χ2n) is 5.92. The van der Waals surface area contributed by atoms with Crippen LogP contribution in [0.15, 0.2) is 0 Å². The number of nitrogens with two attached hydrogens (primary N) is 1. The van der Waals surface area contributed by atoms with Gasteiger partial charge < -0.3 is 11.1 Å². The van der Waals surface area contributed by atoms with Crippen LogP contribution in [0.4, 0.5) is 0 Å². The SMILES string of the molecule is CC(CC(N)=O)NCC(C)(C)C1CCCC1. The number of amides is 1. The maximum absolute atomic E-state index is 10.8. The molecule has 1 amide bonds. The molecule has 0 radical (unpaired) electrons. The number of carbonyl (C=O) groups is 1. The lowest BCUT2D eigenvalue weighted by Crippen LogP contribution is -2.40. The second kappa shape index (κ2) is 5.67. The normalized spacial score (nSPS) is 19.9. The number of nitrogens with one attached hydrogen (secondary N) is 1. The topological polar surface area (TPSA) is 55.1 Å². The molecule has 1 aliphatic carbocycles. The fourth-order valence-corrected chi connectivity index (χ4v) is 2.66. The van der Waals surface area contributed by atoms with Gasteiger partial charge >= 0.3 is 0 Å². The van der Waals surface area contributed by atoms with Crippen molar-refractivity contribution in [3.05, 3.63) is 0 Å². The zero-order valence-electron chi connectivity index (χ0n) is 10.9. The van der Waals surface area contributed by atoms with E-state index in [0.717, 1.165) is 12.5 Å². The molecule has 94 valence electrons. The fraction of sp³-hybridized carbons (Fsp3) is 0.923. The van der Waals surface area contributed by atoms with E-state index >= 15 is 0 Å². The van der Waals surface area contributed by atoms with E-state index in [4.69, 9.17) is 5.73 Å². The molecule has 3 nitrogen and oxygen atoms in total. The van der Waals surface area contributed by atoms with Gasteiger partial charge in [0.15, 0.2) is 0 Å². The molecule has 3 N–H and O–H groups in total. The van der Waals surface area contributed by atoms with Crippen molar-refractivity contribution in [1.82, 2.24) is 5.32 Å². The highest BCUT2D eigenvalue weighted by Crippen LogP contribution is 2.39. The van der Waals surface area contributed by atoms with Crippen LogP contribution in [0.1, 0.15) is 52.9 Å². The van der Waals surface area contributed by atoms with Crippen molar-refractivity contribution in [2.45, 2.75) is 58.9 Å². The van der Waals surface area contributed by atoms with Gasteiger partial charge in [-0.25, -0.2) is 0 Å². The number of carbonyl (C=O) groups excluding carboxylic acids is 1. The molecular formula is C13H26N2O. The van der Waals surface area contributed by atoms with E-state index < -0.39 is 0 Å². The lowest BCUT2D eigenvalue weighted by molar-refractivity contribution is -0.118. The van der Waals surface area contributed by atoms with Crippen LogP contribution < -0.4 is 11.1 Å². The molecule has 1 unspecified atom stereocenters. The van der Waals surface area contributed by atoms with Crippen LogP contribution in [0.5, 0.6) is 0 Å². The molecule has 3 heteroatoms. The third-order valence-electron chi connectivity index (χ3n) is 3.87. The number of rotatable bonds is 6. The average molecular weight is 226 g/mol. The number of primary amides is 1. The minimum Gasteiger partial charge on any atom is -0.370 e. The third-order valence-corrected chi connectivity index (χ3v) is 3.87. The Kier molecular flexibility index (Phi) is 4.78. The van der Waals surface area contributed by atoms with Gasteiger partial charge in [0, 0.05) is 19.0 Å². The Morgan fingerprint density at radius 1 is 1.44 bits per heavy atom. The molecule has 16 heavy (non-hydrogen) atoms. The van der Waals surface area contributed by atoms with Crippen LogP contribution in [0.3, 0.4) is 0 Å². The quantitative estimate of drug-likeness (QED) is 0.728. The minimum absolute atomic E-state index is 0.193. The Morgan fingerprint density at radius 3 is 2.50 bits per heavy atom. The van der Waals surface area contributed by atoms with Crippen LogP contribution in [-0.4, -0.2) is 18.5 Å². The predicted molar refractivity (Wildman–Crippen MR) is 67.0 cm³/mol. The minimum atomic E-state index is -0.223. The molecule has 0 saturated heterocycles. The van der Waals surface area contributed by atoms with Gasteiger partial charge in [-0.15, -0.1) is 0 Å². The van der Waals surface area contributed by atoms with Gasteiger partial charge in [-0.2, -0.15) is 0 Å². The van der Waals surface area contributed by atoms with Gasteiger partial charge in [0.1, 0.15) is 0 Å². The molecule has 0 bridgehead atoms. The van der Waals surface area contributed by atoms with Gasteiger partial charge in [-0.05, 0) is 31.1 Å². The largest absolute Gasteiger partial charge is 0.370 e. The fourth-order valence-electron chi connectivity index (χ4n) is 2.66. The molecule has 0 aliphatic heterocycles. The average Bonchev–Trinajstić information content (AvgIpc) is 2.67. The summed E-state index contributed by atoms with van der Waals surface area (Å²) in [7, 11) is 0. The van der Waals surface area contributed by atoms with Gasteiger partial charge in [-0.3, -0.25) is 4.79 Å². The second-order valence-corrected chi connectivity index (χ2v) is 5.92. The van der Waals surface area contributed by atoms with Gasteiger partial charge in [0.2, 0.25) is 5.91 Å². The Labute approximate surface area is 99.2 Å². The molecule has 1 aliphatic rings. The van der Waals surface area contributed by atoms with E-state index in [1.165, 1.54) is 25.7 Å². The summed E-state index contributed by atoms with van der Waals surface area (Å²) in [6.45, 7) is 7.65. The molecule has 1 fully saturated rings. The van der Waals surface area contributed by atoms with Crippen molar-refractivity contribution < 1.29 is 4.79 Å². The summed E-state index contributed by atoms with van der Waals surface area (Å²) in [6, 6.07) is 0.193. The predicted octanol–water partition coefficient (Wildman–Crippen LogP) is 2.06. The number of hydrogen-bond donors (Lipinski definition) is 2. The summed E-state index contributed by atoms with van der Waals surface area (Å²) in [4.78, 5) is 10.8. The van der Waals surface area contributed by atoms with Crippen molar-refractivity contribution in [3.63, 3.8) is 0 Å². The smallest absolute Gasteiger partial charge is 0.218 e. The third kappa shape index (κ3) is 4.12. The van der Waals surface area contributed by atoms with Crippen LogP contribution in [0.2, 0.25) is 0 Å². The van der Waals surface area contributed by atoms with Gasteiger partial charge in [0.05, 0.1) is 0 Å². The molecule has 0 aromatic heterocycles. The zero-order chi connectivity index (χ0) is 12.2. The highest BCUT2D eigenvalue weighted by Gasteiger charge is 2.31. The maximum atomic E-state index is 10.8. The maximum Gasteiger partial charge on any atom is 0.218 e. The van der Waals surface area contributed by atoms with Crippen molar-refractivity contribution in [2.75, 3.05) is 6.54 Å². The highest BCUT2D eigenvalue weighted by atomic mass is 16.1.